The quantitative estimate of drug-likeness (QED) is 0.122. The molecular formula is C26H48NO11P. The predicted octanol–water partition coefficient (Wildman–Crippen LogP) is 2.91. The van der Waals surface area contributed by atoms with Gasteiger partial charge in [-0.15, -0.1) is 0 Å². The Kier molecular flexibility index (Phi) is 17.5. The Labute approximate surface area is 232 Å². The molecule has 0 radical (unpaired) electrons. The molecule has 1 amide bonds. The molecule has 1 fully saturated rings. The monoisotopic (exact) mass is 581 g/mol. The molecule has 39 heavy (non-hydrogen) atoms. The van der Waals surface area contributed by atoms with E-state index in [1.165, 1.54) is 32.1 Å². The number of aliphatic hydroxyl groups is 1. The highest BCUT2D eigenvalue weighted by molar-refractivity contribution is 7.53. The van der Waals surface area contributed by atoms with Crippen molar-refractivity contribution < 1.29 is 52.0 Å². The first-order chi connectivity index (χ1) is 18.5. The first-order valence-electron chi connectivity index (χ1n) is 13.5. The van der Waals surface area contributed by atoms with Gasteiger partial charge in [-0.25, -0.2) is 0 Å². The molecule has 0 aromatic carbocycles. The smallest absolute Gasteiger partial charge is 0.333 e. The standard InChI is InChI=1S/C26H48NO11P/c1-8-11-12-33-14-16-34-22(18-39(31,36-9-2)37-10-3)24-23(30)25(35-15-13-32-7)26(38-24)27(21(6)29)17-19(4)20(5)28/h17,22-26,30H,8-16,18H2,1-7H3/b19-17-/t22-,23-,24-,25-,26-/m1/s1. The minimum Gasteiger partial charge on any atom is -0.387 e. The maximum atomic E-state index is 13.4. The predicted molar refractivity (Wildman–Crippen MR) is 144 cm³/mol. The Morgan fingerprint density at radius 3 is 2.23 bits per heavy atom. The molecule has 0 saturated carbocycles. The van der Waals surface area contributed by atoms with Crippen molar-refractivity contribution in [3.8, 4) is 0 Å². The van der Waals surface area contributed by atoms with E-state index in [1.807, 2.05) is 0 Å². The topological polar surface area (TPSA) is 139 Å². The van der Waals surface area contributed by atoms with Crippen LogP contribution in [0.25, 0.3) is 0 Å². The van der Waals surface area contributed by atoms with Gasteiger partial charge < -0.3 is 37.8 Å². The van der Waals surface area contributed by atoms with E-state index < -0.39 is 44.1 Å². The van der Waals surface area contributed by atoms with Gasteiger partial charge in [-0.05, 0) is 34.1 Å². The van der Waals surface area contributed by atoms with E-state index in [9.17, 15) is 19.3 Å². The second kappa shape index (κ2) is 19.0. The number of hydrogen-bond acceptors (Lipinski definition) is 11. The van der Waals surface area contributed by atoms with Crippen LogP contribution in [-0.2, 0) is 46.9 Å². The lowest BCUT2D eigenvalue weighted by Crippen LogP contribution is -2.46. The molecule has 1 aliphatic heterocycles. The minimum absolute atomic E-state index is 0.110. The Hall–Kier alpha value is -1.21. The lowest BCUT2D eigenvalue weighted by molar-refractivity contribution is -0.152. The summed E-state index contributed by atoms with van der Waals surface area (Å²) in [5.74, 6) is -0.656. The summed E-state index contributed by atoms with van der Waals surface area (Å²) in [6.45, 7) is 11.4. The number of carbonyl (C=O) groups excluding carboxylic acids is 2. The van der Waals surface area contributed by atoms with Gasteiger partial charge in [-0.3, -0.25) is 19.1 Å². The largest absolute Gasteiger partial charge is 0.387 e. The zero-order chi connectivity index (χ0) is 29.4. The number of ether oxygens (including phenoxy) is 5. The lowest BCUT2D eigenvalue weighted by atomic mass is 10.1. The van der Waals surface area contributed by atoms with Crippen LogP contribution in [-0.4, -0.2) is 112 Å². The van der Waals surface area contributed by atoms with Gasteiger partial charge in [0.2, 0.25) is 5.91 Å². The molecular weight excluding hydrogens is 533 g/mol. The van der Waals surface area contributed by atoms with Gasteiger partial charge in [0.15, 0.2) is 12.0 Å². The van der Waals surface area contributed by atoms with Crippen molar-refractivity contribution in [2.24, 2.45) is 0 Å². The van der Waals surface area contributed by atoms with Crippen LogP contribution < -0.4 is 0 Å². The number of rotatable bonds is 21. The summed E-state index contributed by atoms with van der Waals surface area (Å²) in [6, 6.07) is 0. The van der Waals surface area contributed by atoms with Crippen LogP contribution in [0.15, 0.2) is 11.8 Å². The van der Waals surface area contributed by atoms with E-state index in [4.69, 9.17) is 32.7 Å². The number of nitrogens with zero attached hydrogens (tertiary/aromatic N) is 1. The SMILES string of the molecule is CCCCOCCO[C@H](CP(=O)(OCC)OCC)[C@H]1O[C@@H](N(/C=C(/C)C(C)=O)C(C)=O)[C@H](OCCOC)[C@@H]1O. The number of unbranched alkanes of at least 4 members (excludes halogenated alkanes) is 1. The number of hydrogen-bond donors (Lipinski definition) is 1. The summed E-state index contributed by atoms with van der Waals surface area (Å²) in [7, 11) is -2.11. The van der Waals surface area contributed by atoms with E-state index in [-0.39, 0.29) is 51.6 Å². The number of Topliss-reactive ketones (excluding diaryl/α,β-unsaturated/α-hetero) is 1. The van der Waals surface area contributed by atoms with Crippen LogP contribution in [0.2, 0.25) is 0 Å². The molecule has 0 bridgehead atoms. The van der Waals surface area contributed by atoms with Crippen LogP contribution >= 0.6 is 7.60 Å². The van der Waals surface area contributed by atoms with E-state index in [0.717, 1.165) is 12.8 Å². The van der Waals surface area contributed by atoms with Crippen molar-refractivity contribution in [1.29, 1.82) is 0 Å². The highest BCUT2D eigenvalue weighted by atomic mass is 31.2. The Bertz CT molecular complexity index is 799. The third-order valence-electron chi connectivity index (χ3n) is 6.00. The number of amides is 1. The van der Waals surface area contributed by atoms with Crippen LogP contribution in [0.4, 0.5) is 0 Å². The molecule has 0 aromatic heterocycles. The van der Waals surface area contributed by atoms with Crippen LogP contribution in [0.3, 0.4) is 0 Å². The molecule has 1 heterocycles. The second-order valence-electron chi connectivity index (χ2n) is 9.11. The fraction of sp³-hybridized carbons (Fsp3) is 0.846. The van der Waals surface area contributed by atoms with Gasteiger partial charge in [-0.2, -0.15) is 0 Å². The van der Waals surface area contributed by atoms with Crippen molar-refractivity contribution in [3.63, 3.8) is 0 Å². The normalized spacial score (nSPS) is 22.7. The minimum atomic E-state index is -3.62. The van der Waals surface area contributed by atoms with Gasteiger partial charge in [0.1, 0.15) is 18.3 Å². The maximum absolute atomic E-state index is 13.4. The molecule has 13 heteroatoms. The summed E-state index contributed by atoms with van der Waals surface area (Å²) in [5.41, 5.74) is 0.316. The third-order valence-corrected chi connectivity index (χ3v) is 8.11. The molecule has 1 rings (SSSR count). The lowest BCUT2D eigenvalue weighted by Gasteiger charge is -2.30. The van der Waals surface area contributed by atoms with E-state index in [2.05, 4.69) is 6.92 Å². The molecule has 1 N–H and O–H groups in total. The number of allylic oxidation sites excluding steroid dienone is 1. The zero-order valence-corrected chi connectivity index (χ0v) is 25.4. The van der Waals surface area contributed by atoms with Gasteiger partial charge in [0.05, 0.1) is 51.9 Å². The van der Waals surface area contributed by atoms with Crippen molar-refractivity contribution in [2.45, 2.75) is 85.0 Å². The molecule has 1 saturated heterocycles. The zero-order valence-electron chi connectivity index (χ0n) is 24.5. The molecule has 228 valence electrons. The molecule has 5 atom stereocenters. The summed E-state index contributed by atoms with van der Waals surface area (Å²) >= 11 is 0. The summed E-state index contributed by atoms with van der Waals surface area (Å²) in [4.78, 5) is 25.8. The van der Waals surface area contributed by atoms with Crippen molar-refractivity contribution in [1.82, 2.24) is 4.90 Å². The number of ketones is 1. The second-order valence-corrected chi connectivity index (χ2v) is 11.2. The highest BCUT2D eigenvalue weighted by Crippen LogP contribution is 2.50. The maximum Gasteiger partial charge on any atom is 0.333 e. The van der Waals surface area contributed by atoms with Crippen LogP contribution in [0.5, 0.6) is 0 Å². The molecule has 0 spiro atoms. The van der Waals surface area contributed by atoms with E-state index in [1.54, 1.807) is 20.8 Å². The molecule has 0 aliphatic carbocycles. The third kappa shape index (κ3) is 12.0. The van der Waals surface area contributed by atoms with Crippen molar-refractivity contribution in [3.05, 3.63) is 11.8 Å². The van der Waals surface area contributed by atoms with Gasteiger partial charge in [0, 0.05) is 32.4 Å². The van der Waals surface area contributed by atoms with E-state index >= 15 is 0 Å². The van der Waals surface area contributed by atoms with Gasteiger partial charge in [-0.1, -0.05) is 13.3 Å². The molecule has 12 nitrogen and oxygen atoms in total. The Morgan fingerprint density at radius 2 is 1.69 bits per heavy atom. The average molecular weight is 582 g/mol. The molecule has 0 unspecified atom stereocenters. The summed E-state index contributed by atoms with van der Waals surface area (Å²) in [5, 5.41) is 11.4. The van der Waals surface area contributed by atoms with Gasteiger partial charge >= 0.3 is 7.60 Å². The number of carbonyl (C=O) groups is 2. The van der Waals surface area contributed by atoms with Crippen molar-refractivity contribution >= 4 is 19.3 Å². The van der Waals surface area contributed by atoms with Crippen LogP contribution in [0.1, 0.15) is 54.4 Å². The molecule has 1 aliphatic rings. The first kappa shape index (κ1) is 35.8. The fourth-order valence-electron chi connectivity index (χ4n) is 3.91. The van der Waals surface area contributed by atoms with Crippen molar-refractivity contribution in [2.75, 3.05) is 59.5 Å². The van der Waals surface area contributed by atoms with Gasteiger partial charge in [0.25, 0.3) is 0 Å². The van der Waals surface area contributed by atoms with E-state index in [0.29, 0.717) is 12.2 Å². The fourth-order valence-corrected chi connectivity index (χ4v) is 5.74. The highest BCUT2D eigenvalue weighted by Gasteiger charge is 2.52. The Morgan fingerprint density at radius 1 is 1.03 bits per heavy atom. The number of methoxy groups -OCH3 is 1. The Balaban J connectivity index is 3.34. The summed E-state index contributed by atoms with van der Waals surface area (Å²) < 4.78 is 53.2. The number of aliphatic hydroxyl groups excluding tert-OH is 1. The summed E-state index contributed by atoms with van der Waals surface area (Å²) in [6.07, 6.45) is -2.35. The molecule has 0 aromatic rings. The van der Waals surface area contributed by atoms with Crippen LogP contribution in [0, 0.1) is 0 Å². The first-order valence-corrected chi connectivity index (χ1v) is 15.3. The average Bonchev–Trinajstić information content (AvgIpc) is 3.19.